The van der Waals surface area contributed by atoms with Crippen LogP contribution in [0.15, 0.2) is 11.6 Å². The number of carboxylic acid groups (broad SMARTS) is 1. The quantitative estimate of drug-likeness (QED) is 0.609. The van der Waals surface area contributed by atoms with Crippen LogP contribution in [0.4, 0.5) is 0 Å². The molecule has 0 radical (unpaired) electrons. The van der Waals surface area contributed by atoms with E-state index in [9.17, 15) is 4.79 Å². The maximum absolute atomic E-state index is 10.8. The van der Waals surface area contributed by atoms with Crippen LogP contribution < -0.4 is 0 Å². The Hall–Kier alpha value is -1.23. The minimum atomic E-state index is -0.895. The molecule has 2 atom stereocenters. The molecule has 0 aromatic rings. The zero-order valence-electron chi connectivity index (χ0n) is 12.6. The molecular weight excluding hydrogens is 236 g/mol. The van der Waals surface area contributed by atoms with Gasteiger partial charge in [-0.2, -0.15) is 0 Å². The first-order valence-electron chi connectivity index (χ1n) is 7.32. The van der Waals surface area contributed by atoms with Crippen LogP contribution in [0.3, 0.4) is 0 Å². The van der Waals surface area contributed by atoms with E-state index in [4.69, 9.17) is 5.11 Å². The summed E-state index contributed by atoms with van der Waals surface area (Å²) in [4.78, 5) is 10.8. The molecule has 0 aromatic heterocycles. The molecule has 1 N–H and O–H groups in total. The molecule has 19 heavy (non-hydrogen) atoms. The van der Waals surface area contributed by atoms with Gasteiger partial charge in [-0.25, -0.2) is 4.79 Å². The van der Waals surface area contributed by atoms with Crippen LogP contribution in [-0.4, -0.2) is 11.1 Å². The van der Waals surface area contributed by atoms with Gasteiger partial charge >= 0.3 is 5.97 Å². The minimum Gasteiger partial charge on any atom is -0.478 e. The zero-order chi connectivity index (χ0) is 14.5. The van der Waals surface area contributed by atoms with Crippen molar-refractivity contribution in [3.63, 3.8) is 0 Å². The fourth-order valence-corrected chi connectivity index (χ4v) is 3.07. The zero-order valence-corrected chi connectivity index (χ0v) is 12.6. The summed E-state index contributed by atoms with van der Waals surface area (Å²) in [6.07, 6.45) is 6.66. The van der Waals surface area contributed by atoms with Crippen molar-refractivity contribution in [1.29, 1.82) is 0 Å². The monoisotopic (exact) mass is 262 g/mol. The fourth-order valence-electron chi connectivity index (χ4n) is 3.07. The second-order valence-electron chi connectivity index (χ2n) is 6.36. The van der Waals surface area contributed by atoms with Crippen molar-refractivity contribution in [2.24, 2.45) is 17.3 Å². The van der Waals surface area contributed by atoms with Crippen molar-refractivity contribution >= 4 is 5.97 Å². The number of allylic oxidation sites excluding steroid dienone is 1. The third kappa shape index (κ3) is 4.74. The summed E-state index contributed by atoms with van der Waals surface area (Å²) in [6.45, 7) is 8.87. The lowest BCUT2D eigenvalue weighted by Crippen LogP contribution is -2.32. The third-order valence-corrected chi connectivity index (χ3v) is 4.10. The molecule has 2 nitrogen and oxygen atoms in total. The van der Waals surface area contributed by atoms with Crippen LogP contribution >= 0.6 is 0 Å². The Bertz CT molecular complexity index is 407. The summed E-state index contributed by atoms with van der Waals surface area (Å²) in [5, 5.41) is 8.86. The number of hydrogen-bond donors (Lipinski definition) is 1. The maximum atomic E-state index is 10.8. The van der Waals surface area contributed by atoms with Gasteiger partial charge in [0.15, 0.2) is 0 Å². The van der Waals surface area contributed by atoms with Crippen molar-refractivity contribution in [3.8, 4) is 11.8 Å². The summed E-state index contributed by atoms with van der Waals surface area (Å²) in [5.74, 6) is 6.59. The molecule has 0 aliphatic heterocycles. The number of aliphatic carboxylic acids is 1. The van der Waals surface area contributed by atoms with Crippen LogP contribution in [0.2, 0.25) is 0 Å². The average Bonchev–Trinajstić information content (AvgIpc) is 2.26. The highest BCUT2D eigenvalue weighted by molar-refractivity contribution is 5.81. The Balaban J connectivity index is 2.91. The van der Waals surface area contributed by atoms with Gasteiger partial charge in [0.25, 0.3) is 0 Å². The Morgan fingerprint density at radius 2 is 2.16 bits per heavy atom. The number of carbonyl (C=O) groups is 1. The van der Waals surface area contributed by atoms with Crippen molar-refractivity contribution in [2.45, 2.75) is 59.8 Å². The van der Waals surface area contributed by atoms with E-state index >= 15 is 0 Å². The molecule has 1 saturated carbocycles. The van der Waals surface area contributed by atoms with Gasteiger partial charge in [0.1, 0.15) is 0 Å². The first kappa shape index (κ1) is 15.8. The van der Waals surface area contributed by atoms with Crippen molar-refractivity contribution in [1.82, 2.24) is 0 Å². The van der Waals surface area contributed by atoms with E-state index in [0.29, 0.717) is 11.8 Å². The molecular formula is C17H26O2. The molecule has 0 aromatic carbocycles. The molecule has 2 heteroatoms. The highest BCUT2D eigenvalue weighted by Gasteiger charge is 2.35. The summed E-state index contributed by atoms with van der Waals surface area (Å²) >= 11 is 0. The van der Waals surface area contributed by atoms with Gasteiger partial charge in [0.05, 0.1) is 0 Å². The van der Waals surface area contributed by atoms with Crippen LogP contribution in [0.25, 0.3) is 0 Å². The summed E-state index contributed by atoms with van der Waals surface area (Å²) in [6, 6.07) is 0. The Morgan fingerprint density at radius 1 is 1.47 bits per heavy atom. The lowest BCUT2D eigenvalue weighted by molar-refractivity contribution is -0.131. The van der Waals surface area contributed by atoms with Crippen LogP contribution in [-0.2, 0) is 4.79 Å². The second kappa shape index (κ2) is 6.80. The first-order chi connectivity index (χ1) is 8.86. The summed E-state index contributed by atoms with van der Waals surface area (Å²) in [5.41, 5.74) is 0.995. The van der Waals surface area contributed by atoms with E-state index in [1.165, 1.54) is 25.3 Å². The predicted molar refractivity (Wildman–Crippen MR) is 78.7 cm³/mol. The van der Waals surface area contributed by atoms with Gasteiger partial charge in [0, 0.05) is 17.6 Å². The van der Waals surface area contributed by atoms with Crippen molar-refractivity contribution in [2.75, 3.05) is 0 Å². The van der Waals surface area contributed by atoms with E-state index < -0.39 is 5.97 Å². The van der Waals surface area contributed by atoms with E-state index in [0.717, 1.165) is 18.4 Å². The largest absolute Gasteiger partial charge is 0.478 e. The predicted octanol–water partition coefficient (Wildman–Crippen LogP) is 4.26. The normalized spacial score (nSPS) is 26.4. The van der Waals surface area contributed by atoms with Crippen molar-refractivity contribution in [3.05, 3.63) is 11.6 Å². The Kier molecular flexibility index (Phi) is 5.66. The van der Waals surface area contributed by atoms with E-state index in [1.54, 1.807) is 0 Å². The Labute approximate surface area is 117 Å². The maximum Gasteiger partial charge on any atom is 0.329 e. The molecule has 0 bridgehead atoms. The first-order valence-corrected chi connectivity index (χ1v) is 7.32. The molecule has 1 rings (SSSR count). The average molecular weight is 262 g/mol. The van der Waals surface area contributed by atoms with Crippen LogP contribution in [0, 0.1) is 29.1 Å². The molecule has 0 amide bonds. The topological polar surface area (TPSA) is 37.3 Å². The van der Waals surface area contributed by atoms with Crippen LogP contribution in [0.1, 0.15) is 59.8 Å². The molecule has 1 aliphatic carbocycles. The minimum absolute atomic E-state index is 0.241. The van der Waals surface area contributed by atoms with Crippen LogP contribution in [0.5, 0.6) is 0 Å². The molecule has 0 heterocycles. The highest BCUT2D eigenvalue weighted by Crippen LogP contribution is 2.43. The number of hydrogen-bond acceptors (Lipinski definition) is 1. The summed E-state index contributed by atoms with van der Waals surface area (Å²) < 4.78 is 0. The van der Waals surface area contributed by atoms with Gasteiger partial charge in [-0.1, -0.05) is 52.4 Å². The van der Waals surface area contributed by atoms with E-state index in [1.807, 2.05) is 6.92 Å². The van der Waals surface area contributed by atoms with E-state index in [2.05, 4.69) is 32.6 Å². The van der Waals surface area contributed by atoms with E-state index in [-0.39, 0.29) is 5.41 Å². The third-order valence-electron chi connectivity index (χ3n) is 4.10. The van der Waals surface area contributed by atoms with Gasteiger partial charge < -0.3 is 5.11 Å². The smallest absolute Gasteiger partial charge is 0.329 e. The molecule has 0 spiro atoms. The molecule has 0 saturated heterocycles. The highest BCUT2D eigenvalue weighted by atomic mass is 16.4. The van der Waals surface area contributed by atoms with Gasteiger partial charge in [-0.15, -0.1) is 0 Å². The standard InChI is InChI=1S/C17H26O2/c1-5-7-14(12-16(18)19)9-10-15-13(2)8-6-11-17(15,3)4/h12-13,15H,5-8,11H2,1-4H3,(H,18,19)/b14-12-/t13-,15?/m0/s1. The molecule has 1 unspecified atom stereocenters. The summed E-state index contributed by atoms with van der Waals surface area (Å²) in [7, 11) is 0. The molecule has 1 aliphatic rings. The van der Waals surface area contributed by atoms with Crippen molar-refractivity contribution < 1.29 is 9.90 Å². The molecule has 106 valence electrons. The van der Waals surface area contributed by atoms with Gasteiger partial charge in [0.2, 0.25) is 0 Å². The lowest BCUT2D eigenvalue weighted by Gasteiger charge is -2.39. The Morgan fingerprint density at radius 3 is 2.68 bits per heavy atom. The second-order valence-corrected chi connectivity index (χ2v) is 6.36. The molecule has 1 fully saturated rings. The van der Waals surface area contributed by atoms with Gasteiger partial charge in [-0.05, 0) is 30.6 Å². The van der Waals surface area contributed by atoms with Gasteiger partial charge in [-0.3, -0.25) is 0 Å². The SMILES string of the molecule is CCC/C(C#CC1[C@@H](C)CCCC1(C)C)=C/C(=O)O. The fraction of sp³-hybridized carbons (Fsp3) is 0.706. The number of rotatable bonds is 3. The lowest BCUT2D eigenvalue weighted by atomic mass is 9.64. The number of carboxylic acids is 1.